The molecular formula is C11H11IOS. The van der Waals surface area contributed by atoms with Crippen LogP contribution in [0.5, 0.6) is 0 Å². The van der Waals surface area contributed by atoms with Gasteiger partial charge in [-0.1, -0.05) is 13.0 Å². The highest BCUT2D eigenvalue weighted by Crippen LogP contribution is 2.30. The summed E-state index contributed by atoms with van der Waals surface area (Å²) in [7, 11) is 0. The molecular weight excluding hydrogens is 307 g/mol. The molecule has 0 amide bonds. The van der Waals surface area contributed by atoms with Crippen LogP contribution in [0, 0.1) is 2.88 Å². The van der Waals surface area contributed by atoms with E-state index < -0.39 is 0 Å². The number of aryl methyl sites for hydroxylation is 1. The first-order chi connectivity index (χ1) is 6.74. The van der Waals surface area contributed by atoms with Crippen molar-refractivity contribution in [3.63, 3.8) is 0 Å². The Morgan fingerprint density at radius 3 is 2.79 bits per heavy atom. The molecule has 74 valence electrons. The number of aliphatic hydroxyl groups is 1. The molecule has 1 nitrogen and oxygen atoms in total. The van der Waals surface area contributed by atoms with Gasteiger partial charge in [-0.05, 0) is 57.7 Å². The topological polar surface area (TPSA) is 20.2 Å². The Balaban J connectivity index is 2.72. The number of halogens is 1. The number of benzene rings is 1. The van der Waals surface area contributed by atoms with Gasteiger partial charge in [-0.15, -0.1) is 11.3 Å². The average Bonchev–Trinajstić information content (AvgIpc) is 2.56. The summed E-state index contributed by atoms with van der Waals surface area (Å²) in [5.41, 5.74) is 2.36. The molecule has 0 aliphatic rings. The molecule has 0 saturated carbocycles. The zero-order valence-electron chi connectivity index (χ0n) is 7.88. The number of fused-ring (bicyclic) bond motifs is 1. The molecule has 0 atom stereocenters. The first-order valence-electron chi connectivity index (χ1n) is 4.56. The van der Waals surface area contributed by atoms with E-state index in [1.165, 1.54) is 18.5 Å². The maximum Gasteiger partial charge on any atom is 0.0688 e. The highest BCUT2D eigenvalue weighted by molar-refractivity contribution is 14.1. The van der Waals surface area contributed by atoms with E-state index in [1.807, 2.05) is 0 Å². The summed E-state index contributed by atoms with van der Waals surface area (Å²) in [6.45, 7) is 2.28. The molecule has 2 rings (SSSR count). The lowest BCUT2D eigenvalue weighted by molar-refractivity contribution is 0.283. The van der Waals surface area contributed by atoms with Crippen molar-refractivity contribution in [2.75, 3.05) is 0 Å². The van der Waals surface area contributed by atoms with Gasteiger partial charge in [0.05, 0.1) is 9.49 Å². The predicted octanol–water partition coefficient (Wildman–Crippen LogP) is 3.56. The van der Waals surface area contributed by atoms with Crippen LogP contribution in [0.2, 0.25) is 0 Å². The first kappa shape index (κ1) is 10.4. The molecule has 1 N–H and O–H groups in total. The van der Waals surface area contributed by atoms with E-state index in [0.717, 1.165) is 12.0 Å². The van der Waals surface area contributed by atoms with Crippen LogP contribution in [-0.4, -0.2) is 5.11 Å². The van der Waals surface area contributed by atoms with Crippen LogP contribution in [0.15, 0.2) is 18.2 Å². The molecule has 2 aromatic rings. The quantitative estimate of drug-likeness (QED) is 0.840. The fraction of sp³-hybridized carbons (Fsp3) is 0.273. The monoisotopic (exact) mass is 318 g/mol. The minimum absolute atomic E-state index is 0.136. The maximum absolute atomic E-state index is 9.27. The predicted molar refractivity (Wildman–Crippen MR) is 69.8 cm³/mol. The van der Waals surface area contributed by atoms with Crippen LogP contribution < -0.4 is 0 Å². The average molecular weight is 318 g/mol. The minimum Gasteiger partial charge on any atom is -0.392 e. The summed E-state index contributed by atoms with van der Waals surface area (Å²) in [5.74, 6) is 0. The number of hydrogen-bond donors (Lipinski definition) is 1. The van der Waals surface area contributed by atoms with E-state index in [2.05, 4.69) is 47.7 Å². The summed E-state index contributed by atoms with van der Waals surface area (Å²) in [6, 6.07) is 6.47. The molecule has 0 unspecified atom stereocenters. The second kappa shape index (κ2) is 4.16. The summed E-state index contributed by atoms with van der Waals surface area (Å²) in [4.78, 5) is 0. The zero-order chi connectivity index (χ0) is 10.1. The summed E-state index contributed by atoms with van der Waals surface area (Å²) < 4.78 is 2.57. The van der Waals surface area contributed by atoms with Crippen LogP contribution in [0.25, 0.3) is 10.1 Å². The Hall–Kier alpha value is -0.130. The van der Waals surface area contributed by atoms with Gasteiger partial charge >= 0.3 is 0 Å². The van der Waals surface area contributed by atoms with Crippen LogP contribution >= 0.6 is 33.9 Å². The third kappa shape index (κ3) is 1.81. The van der Waals surface area contributed by atoms with Gasteiger partial charge in [0.25, 0.3) is 0 Å². The number of thiophene rings is 1. The van der Waals surface area contributed by atoms with Gasteiger partial charge in [-0.3, -0.25) is 0 Å². The van der Waals surface area contributed by atoms with Gasteiger partial charge in [-0.25, -0.2) is 0 Å². The van der Waals surface area contributed by atoms with Crippen LogP contribution in [-0.2, 0) is 13.0 Å². The van der Waals surface area contributed by atoms with Gasteiger partial charge in [0, 0.05) is 4.70 Å². The van der Waals surface area contributed by atoms with Gasteiger partial charge in [-0.2, -0.15) is 0 Å². The summed E-state index contributed by atoms with van der Waals surface area (Å²) in [5, 5.41) is 10.5. The Labute approximate surface area is 101 Å². The number of hydrogen-bond acceptors (Lipinski definition) is 2. The van der Waals surface area contributed by atoms with Crippen molar-refractivity contribution in [2.45, 2.75) is 20.0 Å². The highest BCUT2D eigenvalue weighted by atomic mass is 127. The zero-order valence-corrected chi connectivity index (χ0v) is 10.9. The van der Waals surface area contributed by atoms with Crippen molar-refractivity contribution in [3.05, 3.63) is 32.2 Å². The van der Waals surface area contributed by atoms with Gasteiger partial charge < -0.3 is 5.11 Å². The SMILES string of the molecule is CCc1cc(CO)c2cc(I)sc2c1. The van der Waals surface area contributed by atoms with Crippen molar-refractivity contribution in [3.8, 4) is 0 Å². The largest absolute Gasteiger partial charge is 0.392 e. The molecule has 14 heavy (non-hydrogen) atoms. The van der Waals surface area contributed by atoms with Crippen LogP contribution in [0.4, 0.5) is 0 Å². The van der Waals surface area contributed by atoms with Crippen LogP contribution in [0.1, 0.15) is 18.1 Å². The molecule has 0 fully saturated rings. The molecule has 0 aliphatic heterocycles. The van der Waals surface area contributed by atoms with E-state index in [0.29, 0.717) is 0 Å². The second-order valence-electron chi connectivity index (χ2n) is 3.23. The van der Waals surface area contributed by atoms with Crippen molar-refractivity contribution < 1.29 is 5.11 Å². The van der Waals surface area contributed by atoms with Gasteiger partial charge in [0.1, 0.15) is 0 Å². The molecule has 0 radical (unpaired) electrons. The lowest BCUT2D eigenvalue weighted by Gasteiger charge is -2.02. The molecule has 0 saturated heterocycles. The normalized spacial score (nSPS) is 11.1. The third-order valence-electron chi connectivity index (χ3n) is 2.33. The van der Waals surface area contributed by atoms with Crippen molar-refractivity contribution >= 4 is 44.0 Å². The summed E-state index contributed by atoms with van der Waals surface area (Å²) >= 11 is 4.11. The lowest BCUT2D eigenvalue weighted by atomic mass is 10.1. The molecule has 0 spiro atoms. The Kier molecular flexibility index (Phi) is 3.09. The molecule has 1 heterocycles. The van der Waals surface area contributed by atoms with E-state index >= 15 is 0 Å². The summed E-state index contributed by atoms with van der Waals surface area (Å²) in [6.07, 6.45) is 1.03. The lowest BCUT2D eigenvalue weighted by Crippen LogP contribution is -1.87. The molecule has 3 heteroatoms. The van der Waals surface area contributed by atoms with E-state index in [-0.39, 0.29) is 6.61 Å². The molecule has 1 aromatic carbocycles. The van der Waals surface area contributed by atoms with E-state index in [4.69, 9.17) is 0 Å². The minimum atomic E-state index is 0.136. The molecule has 0 aliphatic carbocycles. The maximum atomic E-state index is 9.27. The van der Waals surface area contributed by atoms with Gasteiger partial charge in [0.15, 0.2) is 0 Å². The first-order valence-corrected chi connectivity index (χ1v) is 6.45. The smallest absolute Gasteiger partial charge is 0.0688 e. The van der Waals surface area contributed by atoms with Gasteiger partial charge in [0.2, 0.25) is 0 Å². The Morgan fingerprint density at radius 2 is 2.14 bits per heavy atom. The van der Waals surface area contributed by atoms with E-state index in [1.54, 1.807) is 11.3 Å². The van der Waals surface area contributed by atoms with Crippen molar-refractivity contribution in [1.29, 1.82) is 0 Å². The highest BCUT2D eigenvalue weighted by Gasteiger charge is 2.06. The van der Waals surface area contributed by atoms with Crippen molar-refractivity contribution in [1.82, 2.24) is 0 Å². The van der Waals surface area contributed by atoms with Crippen molar-refractivity contribution in [2.24, 2.45) is 0 Å². The molecule has 1 aromatic heterocycles. The Bertz CT molecular complexity index is 462. The number of aliphatic hydroxyl groups excluding tert-OH is 1. The van der Waals surface area contributed by atoms with Crippen LogP contribution in [0.3, 0.4) is 0 Å². The molecule has 0 bridgehead atoms. The third-order valence-corrected chi connectivity index (χ3v) is 4.17. The number of rotatable bonds is 2. The standard InChI is InChI=1S/C11H11IOS/c1-2-7-3-8(6-13)9-5-11(12)14-10(9)4-7/h3-5,13H,2,6H2,1H3. The Morgan fingerprint density at radius 1 is 1.36 bits per heavy atom. The van der Waals surface area contributed by atoms with E-state index in [9.17, 15) is 5.11 Å². The second-order valence-corrected chi connectivity index (χ2v) is 6.21. The fourth-order valence-corrected chi connectivity index (χ4v) is 3.50. The fourth-order valence-electron chi connectivity index (χ4n) is 1.58.